The van der Waals surface area contributed by atoms with Crippen LogP contribution < -0.4 is 0 Å². The zero-order valence-electron chi connectivity index (χ0n) is 13.9. The Labute approximate surface area is 153 Å². The minimum absolute atomic E-state index is 0.115. The van der Waals surface area contributed by atoms with Gasteiger partial charge in [-0.05, 0) is 30.5 Å². The molecule has 132 valence electrons. The number of unbranched alkanes of at least 4 members (excludes halogenated alkanes) is 1. The number of carbonyl (C=O) groups is 1. The molecule has 2 unspecified atom stereocenters. The SMILES string of the molecule is CCCCOC(=O)CCN1CC2(c3ccc(Cl)c(Cl)c3)CC1CO2. The highest BCUT2D eigenvalue weighted by Gasteiger charge is 2.51. The summed E-state index contributed by atoms with van der Waals surface area (Å²) in [7, 11) is 0. The second-order valence-corrected chi connectivity index (χ2v) is 7.40. The quantitative estimate of drug-likeness (QED) is 0.535. The van der Waals surface area contributed by atoms with Gasteiger partial charge in [-0.2, -0.15) is 0 Å². The fourth-order valence-electron chi connectivity index (χ4n) is 3.53. The van der Waals surface area contributed by atoms with E-state index in [1.165, 1.54) is 0 Å². The van der Waals surface area contributed by atoms with E-state index in [0.717, 1.165) is 31.4 Å². The molecule has 1 aromatic carbocycles. The van der Waals surface area contributed by atoms with Gasteiger partial charge in [0.1, 0.15) is 5.60 Å². The van der Waals surface area contributed by atoms with Gasteiger partial charge in [0, 0.05) is 19.1 Å². The molecule has 0 radical (unpaired) electrons. The molecule has 2 aliphatic rings. The molecule has 0 saturated carbocycles. The van der Waals surface area contributed by atoms with E-state index in [9.17, 15) is 4.79 Å². The maximum Gasteiger partial charge on any atom is 0.307 e. The van der Waals surface area contributed by atoms with E-state index in [-0.39, 0.29) is 11.6 Å². The third-order valence-electron chi connectivity index (χ3n) is 4.90. The van der Waals surface area contributed by atoms with Crippen molar-refractivity contribution >= 4 is 29.2 Å². The first-order valence-electron chi connectivity index (χ1n) is 8.53. The summed E-state index contributed by atoms with van der Waals surface area (Å²) >= 11 is 12.2. The van der Waals surface area contributed by atoms with Gasteiger partial charge in [0.25, 0.3) is 0 Å². The Morgan fingerprint density at radius 1 is 1.42 bits per heavy atom. The number of hydrogen-bond donors (Lipinski definition) is 0. The maximum atomic E-state index is 11.8. The van der Waals surface area contributed by atoms with Gasteiger partial charge in [-0.25, -0.2) is 0 Å². The first-order chi connectivity index (χ1) is 11.5. The van der Waals surface area contributed by atoms with E-state index in [0.29, 0.717) is 42.3 Å². The first-order valence-corrected chi connectivity index (χ1v) is 9.29. The smallest absolute Gasteiger partial charge is 0.307 e. The molecule has 0 N–H and O–H groups in total. The van der Waals surface area contributed by atoms with E-state index >= 15 is 0 Å². The van der Waals surface area contributed by atoms with Gasteiger partial charge < -0.3 is 9.47 Å². The number of esters is 1. The Bertz CT molecular complexity index is 610. The Morgan fingerprint density at radius 3 is 3.00 bits per heavy atom. The number of ether oxygens (including phenoxy) is 2. The largest absolute Gasteiger partial charge is 0.466 e. The molecule has 2 atom stereocenters. The molecule has 24 heavy (non-hydrogen) atoms. The molecular formula is C18H23Cl2NO3. The lowest BCUT2D eigenvalue weighted by Gasteiger charge is -2.33. The van der Waals surface area contributed by atoms with Crippen LogP contribution in [0.5, 0.6) is 0 Å². The van der Waals surface area contributed by atoms with Crippen LogP contribution in [0.15, 0.2) is 18.2 Å². The fourth-order valence-corrected chi connectivity index (χ4v) is 3.83. The number of benzene rings is 1. The standard InChI is InChI=1S/C18H23Cl2NO3/c1-2-3-8-23-17(22)6-7-21-12-18(10-14(21)11-24-18)13-4-5-15(19)16(20)9-13/h4-5,9,14H,2-3,6-8,10-12H2,1H3. The van der Waals surface area contributed by atoms with Gasteiger partial charge in [-0.15, -0.1) is 0 Å². The fraction of sp³-hybridized carbons (Fsp3) is 0.611. The van der Waals surface area contributed by atoms with Crippen molar-refractivity contribution in [3.05, 3.63) is 33.8 Å². The molecule has 2 aliphatic heterocycles. The number of hydrogen-bond acceptors (Lipinski definition) is 4. The molecule has 2 heterocycles. The van der Waals surface area contributed by atoms with Crippen LogP contribution >= 0.6 is 23.2 Å². The lowest BCUT2D eigenvalue weighted by molar-refractivity contribution is -0.144. The van der Waals surface area contributed by atoms with Crippen molar-refractivity contribution in [3.8, 4) is 0 Å². The summed E-state index contributed by atoms with van der Waals surface area (Å²) in [5, 5.41) is 1.10. The number of morpholine rings is 1. The highest BCUT2D eigenvalue weighted by atomic mass is 35.5. The normalized spacial score (nSPS) is 26.0. The number of nitrogens with zero attached hydrogens (tertiary/aromatic N) is 1. The lowest BCUT2D eigenvalue weighted by Crippen LogP contribution is -2.42. The molecule has 0 amide bonds. The van der Waals surface area contributed by atoms with Gasteiger partial charge in [0.05, 0.1) is 29.7 Å². The Balaban J connectivity index is 1.58. The van der Waals surface area contributed by atoms with E-state index in [1.807, 2.05) is 18.2 Å². The highest BCUT2D eigenvalue weighted by Crippen LogP contribution is 2.46. The molecule has 6 heteroatoms. The van der Waals surface area contributed by atoms with Gasteiger partial charge in [0.2, 0.25) is 0 Å². The van der Waals surface area contributed by atoms with Crippen LogP contribution in [-0.2, 0) is 19.9 Å². The zero-order valence-corrected chi connectivity index (χ0v) is 15.4. The van der Waals surface area contributed by atoms with Crippen LogP contribution in [0.1, 0.15) is 38.2 Å². The molecule has 0 spiro atoms. The summed E-state index contributed by atoms with van der Waals surface area (Å²) in [5.41, 5.74) is 0.734. The lowest BCUT2D eigenvalue weighted by atomic mass is 9.93. The van der Waals surface area contributed by atoms with Crippen molar-refractivity contribution in [2.24, 2.45) is 0 Å². The van der Waals surface area contributed by atoms with Crippen molar-refractivity contribution < 1.29 is 14.3 Å². The molecular weight excluding hydrogens is 349 g/mol. The van der Waals surface area contributed by atoms with Crippen LogP contribution in [0.3, 0.4) is 0 Å². The molecule has 2 fully saturated rings. The predicted octanol–water partition coefficient (Wildman–Crippen LogP) is 4.03. The topological polar surface area (TPSA) is 38.8 Å². The van der Waals surface area contributed by atoms with Crippen LogP contribution in [0.2, 0.25) is 10.0 Å². The number of fused-ring (bicyclic) bond motifs is 2. The van der Waals surface area contributed by atoms with Gasteiger partial charge in [0.15, 0.2) is 0 Å². The minimum atomic E-state index is -0.328. The second kappa shape index (κ2) is 7.61. The van der Waals surface area contributed by atoms with E-state index < -0.39 is 0 Å². The predicted molar refractivity (Wildman–Crippen MR) is 94.6 cm³/mol. The summed E-state index contributed by atoms with van der Waals surface area (Å²) in [5.74, 6) is -0.115. The van der Waals surface area contributed by atoms with E-state index in [1.54, 1.807) is 0 Å². The second-order valence-electron chi connectivity index (χ2n) is 6.59. The van der Waals surface area contributed by atoms with Gasteiger partial charge in [-0.3, -0.25) is 9.69 Å². The molecule has 3 rings (SSSR count). The van der Waals surface area contributed by atoms with Crippen molar-refractivity contribution in [1.82, 2.24) is 4.90 Å². The number of likely N-dealkylation sites (tertiary alicyclic amines) is 1. The number of halogens is 2. The third kappa shape index (κ3) is 3.72. The van der Waals surface area contributed by atoms with Crippen molar-refractivity contribution in [2.45, 2.75) is 44.2 Å². The maximum absolute atomic E-state index is 11.8. The Morgan fingerprint density at radius 2 is 2.25 bits per heavy atom. The summed E-state index contributed by atoms with van der Waals surface area (Å²) in [4.78, 5) is 14.1. The summed E-state index contributed by atoms with van der Waals surface area (Å²) < 4.78 is 11.3. The third-order valence-corrected chi connectivity index (χ3v) is 5.64. The minimum Gasteiger partial charge on any atom is -0.466 e. The van der Waals surface area contributed by atoms with Crippen LogP contribution in [-0.4, -0.2) is 43.2 Å². The van der Waals surface area contributed by atoms with Crippen molar-refractivity contribution in [1.29, 1.82) is 0 Å². The molecule has 0 aromatic heterocycles. The Hall–Kier alpha value is -0.810. The molecule has 1 aromatic rings. The van der Waals surface area contributed by atoms with Gasteiger partial charge >= 0.3 is 5.97 Å². The van der Waals surface area contributed by atoms with Crippen molar-refractivity contribution in [3.63, 3.8) is 0 Å². The number of carbonyl (C=O) groups excluding carboxylic acids is 1. The number of rotatable bonds is 7. The summed E-state index contributed by atoms with van der Waals surface area (Å²) in [6, 6.07) is 6.05. The monoisotopic (exact) mass is 371 g/mol. The van der Waals surface area contributed by atoms with Gasteiger partial charge in [-0.1, -0.05) is 42.6 Å². The highest BCUT2D eigenvalue weighted by molar-refractivity contribution is 6.42. The molecule has 0 aliphatic carbocycles. The van der Waals surface area contributed by atoms with Crippen LogP contribution in [0.4, 0.5) is 0 Å². The van der Waals surface area contributed by atoms with E-state index in [2.05, 4.69) is 11.8 Å². The molecule has 2 saturated heterocycles. The molecule has 4 nitrogen and oxygen atoms in total. The van der Waals surface area contributed by atoms with Crippen LogP contribution in [0.25, 0.3) is 0 Å². The van der Waals surface area contributed by atoms with E-state index in [4.69, 9.17) is 32.7 Å². The summed E-state index contributed by atoms with van der Waals surface area (Å²) in [6.45, 7) is 4.78. The van der Waals surface area contributed by atoms with Crippen LogP contribution in [0, 0.1) is 0 Å². The molecule has 2 bridgehead atoms. The average Bonchev–Trinajstić information content (AvgIpc) is 3.15. The average molecular weight is 372 g/mol. The Kier molecular flexibility index (Phi) is 5.70. The zero-order chi connectivity index (χ0) is 17.2. The van der Waals surface area contributed by atoms with Crippen molar-refractivity contribution in [2.75, 3.05) is 26.3 Å². The summed E-state index contributed by atoms with van der Waals surface area (Å²) in [6.07, 6.45) is 3.31. The first kappa shape index (κ1) is 18.0.